The smallest absolute Gasteiger partial charge is 0.276 e. The van der Waals surface area contributed by atoms with Crippen molar-refractivity contribution in [1.29, 1.82) is 0 Å². The summed E-state index contributed by atoms with van der Waals surface area (Å²) in [5, 5.41) is 3.90. The Labute approximate surface area is 117 Å². The normalized spacial score (nSPS) is 18.9. The van der Waals surface area contributed by atoms with Gasteiger partial charge in [0.05, 0.1) is 12.3 Å². The number of amides is 1. The first-order chi connectivity index (χ1) is 9.66. The third kappa shape index (κ3) is 2.24. The SMILES string of the molecule is CC(C)c1cc(C(=O)N2CCC[C@H]2c2ccco2)no1. The molecule has 1 amide bonds. The van der Waals surface area contributed by atoms with Gasteiger partial charge in [0.25, 0.3) is 5.91 Å². The molecule has 1 atom stereocenters. The highest BCUT2D eigenvalue weighted by Crippen LogP contribution is 2.33. The summed E-state index contributed by atoms with van der Waals surface area (Å²) in [7, 11) is 0. The van der Waals surface area contributed by atoms with Crippen molar-refractivity contribution in [1.82, 2.24) is 10.1 Å². The minimum Gasteiger partial charge on any atom is -0.467 e. The van der Waals surface area contributed by atoms with E-state index in [1.165, 1.54) is 0 Å². The monoisotopic (exact) mass is 274 g/mol. The van der Waals surface area contributed by atoms with Crippen LogP contribution in [0.2, 0.25) is 0 Å². The summed E-state index contributed by atoms with van der Waals surface area (Å²) in [6.07, 6.45) is 3.55. The van der Waals surface area contributed by atoms with Crippen molar-refractivity contribution in [3.8, 4) is 0 Å². The van der Waals surface area contributed by atoms with E-state index in [4.69, 9.17) is 8.94 Å². The fourth-order valence-corrected chi connectivity index (χ4v) is 2.60. The van der Waals surface area contributed by atoms with Gasteiger partial charge in [-0.25, -0.2) is 0 Å². The van der Waals surface area contributed by atoms with Gasteiger partial charge in [0, 0.05) is 18.5 Å². The number of rotatable bonds is 3. The van der Waals surface area contributed by atoms with Gasteiger partial charge < -0.3 is 13.8 Å². The molecule has 5 nitrogen and oxygen atoms in total. The van der Waals surface area contributed by atoms with Gasteiger partial charge in [-0.2, -0.15) is 0 Å². The van der Waals surface area contributed by atoms with Crippen molar-refractivity contribution >= 4 is 5.91 Å². The highest BCUT2D eigenvalue weighted by Gasteiger charge is 2.33. The fourth-order valence-electron chi connectivity index (χ4n) is 2.60. The second kappa shape index (κ2) is 5.15. The Morgan fingerprint density at radius 1 is 1.50 bits per heavy atom. The number of aromatic nitrogens is 1. The second-order valence-corrected chi connectivity index (χ2v) is 5.44. The van der Waals surface area contributed by atoms with Gasteiger partial charge in [-0.15, -0.1) is 0 Å². The third-order valence-corrected chi connectivity index (χ3v) is 3.70. The van der Waals surface area contributed by atoms with Crippen molar-refractivity contribution in [2.45, 2.75) is 38.6 Å². The molecule has 0 aromatic carbocycles. The van der Waals surface area contributed by atoms with Crippen LogP contribution in [0.5, 0.6) is 0 Å². The molecule has 0 radical (unpaired) electrons. The highest BCUT2D eigenvalue weighted by atomic mass is 16.5. The Hall–Kier alpha value is -2.04. The Bertz CT molecular complexity index is 586. The van der Waals surface area contributed by atoms with Crippen LogP contribution in [0.1, 0.15) is 60.7 Å². The van der Waals surface area contributed by atoms with Crippen LogP contribution in [0.25, 0.3) is 0 Å². The second-order valence-electron chi connectivity index (χ2n) is 5.44. The molecule has 3 heterocycles. The standard InChI is InChI=1S/C15H18N2O3/c1-10(2)14-9-11(16-20-14)15(18)17-7-3-5-12(17)13-6-4-8-19-13/h4,6,8-10,12H,3,5,7H2,1-2H3/t12-/m0/s1. The van der Waals surface area contributed by atoms with Crippen LogP contribution in [0.4, 0.5) is 0 Å². The lowest BCUT2D eigenvalue weighted by atomic mass is 10.1. The quantitative estimate of drug-likeness (QED) is 0.861. The Kier molecular flexibility index (Phi) is 3.34. The molecule has 0 aliphatic carbocycles. The first-order valence-corrected chi connectivity index (χ1v) is 6.98. The number of likely N-dealkylation sites (tertiary alicyclic amines) is 1. The molecule has 20 heavy (non-hydrogen) atoms. The molecule has 0 bridgehead atoms. The topological polar surface area (TPSA) is 59.5 Å². The molecule has 2 aromatic heterocycles. The summed E-state index contributed by atoms with van der Waals surface area (Å²) < 4.78 is 10.7. The van der Waals surface area contributed by atoms with Crippen LogP contribution in [0.3, 0.4) is 0 Å². The molecule has 1 saturated heterocycles. The summed E-state index contributed by atoms with van der Waals surface area (Å²) >= 11 is 0. The van der Waals surface area contributed by atoms with Crippen molar-refractivity contribution in [3.05, 3.63) is 41.7 Å². The predicted molar refractivity (Wildman–Crippen MR) is 72.3 cm³/mol. The van der Waals surface area contributed by atoms with E-state index in [2.05, 4.69) is 5.16 Å². The van der Waals surface area contributed by atoms with Crippen molar-refractivity contribution in [2.75, 3.05) is 6.54 Å². The van der Waals surface area contributed by atoms with Crippen molar-refractivity contribution < 1.29 is 13.7 Å². The van der Waals surface area contributed by atoms with Gasteiger partial charge in [-0.05, 0) is 25.0 Å². The van der Waals surface area contributed by atoms with Crippen LogP contribution in [0, 0.1) is 0 Å². The minimum absolute atomic E-state index is 0.0108. The maximum Gasteiger partial charge on any atom is 0.276 e. The van der Waals surface area contributed by atoms with Crippen LogP contribution >= 0.6 is 0 Å². The third-order valence-electron chi connectivity index (χ3n) is 3.70. The number of carbonyl (C=O) groups is 1. The summed E-state index contributed by atoms with van der Waals surface area (Å²) in [6.45, 7) is 4.75. The van der Waals surface area contributed by atoms with Gasteiger partial charge >= 0.3 is 0 Å². The van der Waals surface area contributed by atoms with Crippen LogP contribution in [-0.2, 0) is 0 Å². The number of carbonyl (C=O) groups excluding carboxylic acids is 1. The number of hydrogen-bond donors (Lipinski definition) is 0. The van der Waals surface area contributed by atoms with Crippen molar-refractivity contribution in [2.24, 2.45) is 0 Å². The molecule has 3 rings (SSSR count). The minimum atomic E-state index is -0.0837. The molecule has 0 saturated carbocycles. The van der Waals surface area contributed by atoms with Gasteiger partial charge in [0.1, 0.15) is 11.5 Å². The van der Waals surface area contributed by atoms with E-state index < -0.39 is 0 Å². The first kappa shape index (κ1) is 13.0. The van der Waals surface area contributed by atoms with Gasteiger partial charge in [-0.3, -0.25) is 4.79 Å². The zero-order valence-corrected chi connectivity index (χ0v) is 11.7. The van der Waals surface area contributed by atoms with Crippen molar-refractivity contribution in [3.63, 3.8) is 0 Å². The lowest BCUT2D eigenvalue weighted by molar-refractivity contribution is 0.0709. The van der Waals surface area contributed by atoms with Gasteiger partial charge in [0.2, 0.25) is 0 Å². The van der Waals surface area contributed by atoms with Crippen LogP contribution in [0.15, 0.2) is 33.4 Å². The number of nitrogens with zero attached hydrogens (tertiary/aromatic N) is 2. The number of furan rings is 1. The van der Waals surface area contributed by atoms with Crippen LogP contribution < -0.4 is 0 Å². The Morgan fingerprint density at radius 3 is 3.00 bits per heavy atom. The molecule has 1 aliphatic rings. The molecule has 0 spiro atoms. The maximum atomic E-state index is 12.6. The molecule has 106 valence electrons. The summed E-state index contributed by atoms with van der Waals surface area (Å²) in [5.74, 6) is 1.72. The summed E-state index contributed by atoms with van der Waals surface area (Å²) in [6, 6.07) is 5.52. The van der Waals surface area contributed by atoms with E-state index in [0.717, 1.165) is 30.9 Å². The first-order valence-electron chi connectivity index (χ1n) is 6.98. The average Bonchev–Trinajstić information content (AvgIpc) is 3.17. The fraction of sp³-hybridized carbons (Fsp3) is 0.467. The molecular weight excluding hydrogens is 256 g/mol. The molecule has 2 aromatic rings. The van der Waals surface area contributed by atoms with Gasteiger partial charge in [0.15, 0.2) is 5.69 Å². The zero-order valence-electron chi connectivity index (χ0n) is 11.7. The highest BCUT2D eigenvalue weighted by molar-refractivity contribution is 5.92. The molecule has 1 fully saturated rings. The maximum absolute atomic E-state index is 12.6. The zero-order chi connectivity index (χ0) is 14.1. The van der Waals surface area contributed by atoms with E-state index in [1.54, 1.807) is 12.3 Å². The summed E-state index contributed by atoms with van der Waals surface area (Å²) in [4.78, 5) is 14.4. The molecule has 5 heteroatoms. The van der Waals surface area contributed by atoms with E-state index in [-0.39, 0.29) is 17.9 Å². The van der Waals surface area contributed by atoms with E-state index >= 15 is 0 Å². The predicted octanol–water partition coefficient (Wildman–Crippen LogP) is 3.37. The lowest BCUT2D eigenvalue weighted by Crippen LogP contribution is -2.30. The number of hydrogen-bond acceptors (Lipinski definition) is 4. The largest absolute Gasteiger partial charge is 0.467 e. The Morgan fingerprint density at radius 2 is 2.35 bits per heavy atom. The average molecular weight is 274 g/mol. The van der Waals surface area contributed by atoms with Crippen LogP contribution in [-0.4, -0.2) is 22.5 Å². The molecular formula is C15H18N2O3. The lowest BCUT2D eigenvalue weighted by Gasteiger charge is -2.21. The molecule has 0 N–H and O–H groups in total. The van der Waals surface area contributed by atoms with Gasteiger partial charge in [-0.1, -0.05) is 19.0 Å². The van der Waals surface area contributed by atoms with E-state index in [0.29, 0.717) is 5.69 Å². The molecule has 0 unspecified atom stereocenters. The molecule has 1 aliphatic heterocycles. The Balaban J connectivity index is 1.82. The summed E-state index contributed by atoms with van der Waals surface area (Å²) in [5.41, 5.74) is 0.382. The van der Waals surface area contributed by atoms with E-state index in [9.17, 15) is 4.79 Å². The van der Waals surface area contributed by atoms with E-state index in [1.807, 2.05) is 30.9 Å².